The first kappa shape index (κ1) is 13.2. The highest BCUT2D eigenvalue weighted by Crippen LogP contribution is 2.05. The summed E-state index contributed by atoms with van der Waals surface area (Å²) in [6.45, 7) is 7.39. The van der Waals surface area contributed by atoms with Gasteiger partial charge in [-0.25, -0.2) is 0 Å². The van der Waals surface area contributed by atoms with E-state index in [2.05, 4.69) is 24.3 Å². The third-order valence-electron chi connectivity index (χ3n) is 2.23. The second-order valence-electron chi connectivity index (χ2n) is 3.87. The van der Waals surface area contributed by atoms with Gasteiger partial charge in [-0.1, -0.05) is 25.4 Å². The van der Waals surface area contributed by atoms with Crippen LogP contribution in [0.5, 0.6) is 0 Å². The number of nitrogens with one attached hydrogen (secondary N) is 1. The lowest BCUT2D eigenvalue weighted by molar-refractivity contribution is 0.0986. The molecule has 16 heavy (non-hydrogen) atoms. The zero-order chi connectivity index (χ0) is 11.6. The van der Waals surface area contributed by atoms with Crippen molar-refractivity contribution in [2.24, 2.45) is 0 Å². The molecule has 1 aromatic heterocycles. The topological polar surface area (TPSA) is 47.3 Å². The van der Waals surface area contributed by atoms with E-state index in [4.69, 9.17) is 9.26 Å². The van der Waals surface area contributed by atoms with E-state index in [9.17, 15) is 0 Å². The summed E-state index contributed by atoms with van der Waals surface area (Å²) in [5.41, 5.74) is 0.947. The van der Waals surface area contributed by atoms with Crippen LogP contribution in [0.15, 0.2) is 10.6 Å². The maximum absolute atomic E-state index is 5.44. The summed E-state index contributed by atoms with van der Waals surface area (Å²) in [4.78, 5) is 0. The average molecular weight is 226 g/mol. The molecule has 1 N–H and O–H groups in total. The molecule has 0 aliphatic heterocycles. The molecule has 0 saturated carbocycles. The highest BCUT2D eigenvalue weighted by molar-refractivity contribution is 5.04. The molecule has 1 rings (SSSR count). The third-order valence-corrected chi connectivity index (χ3v) is 2.23. The van der Waals surface area contributed by atoms with Gasteiger partial charge >= 0.3 is 0 Å². The summed E-state index contributed by atoms with van der Waals surface area (Å²) in [5.74, 6) is 0.810. The fourth-order valence-corrected chi connectivity index (χ4v) is 1.32. The largest absolute Gasteiger partial charge is 0.373 e. The van der Waals surface area contributed by atoms with Crippen molar-refractivity contribution in [3.63, 3.8) is 0 Å². The highest BCUT2D eigenvalue weighted by Gasteiger charge is 2.03. The fraction of sp³-hybridized carbons (Fsp3) is 0.750. The van der Waals surface area contributed by atoms with Crippen LogP contribution in [-0.4, -0.2) is 18.3 Å². The summed E-state index contributed by atoms with van der Waals surface area (Å²) < 4.78 is 10.6. The van der Waals surface area contributed by atoms with Crippen molar-refractivity contribution in [1.82, 2.24) is 10.5 Å². The van der Waals surface area contributed by atoms with Crippen molar-refractivity contribution in [3.8, 4) is 0 Å². The zero-order valence-corrected chi connectivity index (χ0v) is 10.3. The number of aromatic nitrogens is 1. The number of ether oxygens (including phenoxy) is 1. The van der Waals surface area contributed by atoms with E-state index in [1.807, 2.05) is 6.07 Å². The second-order valence-corrected chi connectivity index (χ2v) is 3.87. The van der Waals surface area contributed by atoms with E-state index < -0.39 is 0 Å². The van der Waals surface area contributed by atoms with Gasteiger partial charge in [0.15, 0.2) is 5.76 Å². The monoisotopic (exact) mass is 226 g/mol. The Balaban J connectivity index is 2.17. The Kier molecular flexibility index (Phi) is 6.85. The predicted octanol–water partition coefficient (Wildman–Crippen LogP) is 2.49. The Morgan fingerprint density at radius 2 is 2.25 bits per heavy atom. The van der Waals surface area contributed by atoms with Gasteiger partial charge in [0.2, 0.25) is 0 Å². The molecule has 4 nitrogen and oxygen atoms in total. The van der Waals surface area contributed by atoms with Crippen molar-refractivity contribution < 1.29 is 9.26 Å². The molecular weight excluding hydrogens is 204 g/mol. The number of hydrogen-bond donors (Lipinski definition) is 1. The molecule has 0 radical (unpaired) electrons. The Labute approximate surface area is 97.3 Å². The molecule has 0 amide bonds. The number of rotatable bonds is 9. The molecular formula is C12H22N2O2. The fourth-order valence-electron chi connectivity index (χ4n) is 1.32. The first-order chi connectivity index (χ1) is 7.86. The molecule has 0 aliphatic rings. The molecule has 0 bridgehead atoms. The van der Waals surface area contributed by atoms with Gasteiger partial charge < -0.3 is 14.6 Å². The van der Waals surface area contributed by atoms with Crippen LogP contribution in [0, 0.1) is 0 Å². The Morgan fingerprint density at radius 3 is 3.00 bits per heavy atom. The molecule has 0 aromatic carbocycles. The van der Waals surface area contributed by atoms with Crippen molar-refractivity contribution in [3.05, 3.63) is 17.5 Å². The summed E-state index contributed by atoms with van der Waals surface area (Å²) in [5, 5.41) is 7.25. The summed E-state index contributed by atoms with van der Waals surface area (Å²) in [7, 11) is 0. The molecule has 0 spiro atoms. The van der Waals surface area contributed by atoms with Gasteiger partial charge in [0.1, 0.15) is 6.61 Å². The van der Waals surface area contributed by atoms with Gasteiger partial charge in [-0.05, 0) is 19.4 Å². The highest BCUT2D eigenvalue weighted by atomic mass is 16.5. The first-order valence-electron chi connectivity index (χ1n) is 6.09. The lowest BCUT2D eigenvalue weighted by Gasteiger charge is -1.98. The van der Waals surface area contributed by atoms with E-state index in [-0.39, 0.29) is 0 Å². The van der Waals surface area contributed by atoms with Crippen LogP contribution >= 0.6 is 0 Å². The zero-order valence-electron chi connectivity index (χ0n) is 10.3. The van der Waals surface area contributed by atoms with E-state index in [0.29, 0.717) is 6.61 Å². The molecule has 1 heterocycles. The maximum Gasteiger partial charge on any atom is 0.162 e. The van der Waals surface area contributed by atoms with Crippen LogP contribution in [0.4, 0.5) is 0 Å². The molecule has 0 fully saturated rings. The first-order valence-corrected chi connectivity index (χ1v) is 6.09. The van der Waals surface area contributed by atoms with E-state index in [0.717, 1.165) is 50.4 Å². The maximum atomic E-state index is 5.44. The SMILES string of the molecule is CCCCOCc1cc(CNCCC)no1. The number of hydrogen-bond acceptors (Lipinski definition) is 4. The second kappa shape index (κ2) is 8.30. The molecule has 0 atom stereocenters. The summed E-state index contributed by atoms with van der Waals surface area (Å²) in [6.07, 6.45) is 3.38. The molecule has 92 valence electrons. The van der Waals surface area contributed by atoms with Crippen LogP contribution < -0.4 is 5.32 Å². The Hall–Kier alpha value is -0.870. The normalized spacial score (nSPS) is 10.9. The van der Waals surface area contributed by atoms with Gasteiger partial charge in [-0.2, -0.15) is 0 Å². The van der Waals surface area contributed by atoms with Crippen LogP contribution in [-0.2, 0) is 17.9 Å². The average Bonchev–Trinajstić information content (AvgIpc) is 2.73. The van der Waals surface area contributed by atoms with Crippen LogP contribution in [0.25, 0.3) is 0 Å². The van der Waals surface area contributed by atoms with Gasteiger partial charge in [0, 0.05) is 19.2 Å². The van der Waals surface area contributed by atoms with Crippen LogP contribution in [0.3, 0.4) is 0 Å². The number of nitrogens with zero attached hydrogens (tertiary/aromatic N) is 1. The van der Waals surface area contributed by atoms with E-state index in [1.165, 1.54) is 0 Å². The minimum atomic E-state index is 0.529. The Morgan fingerprint density at radius 1 is 1.38 bits per heavy atom. The van der Waals surface area contributed by atoms with E-state index in [1.54, 1.807) is 0 Å². The smallest absolute Gasteiger partial charge is 0.162 e. The van der Waals surface area contributed by atoms with Crippen molar-refractivity contribution >= 4 is 0 Å². The lowest BCUT2D eigenvalue weighted by Crippen LogP contribution is -2.13. The minimum Gasteiger partial charge on any atom is -0.373 e. The number of unbranched alkanes of at least 4 members (excludes halogenated alkanes) is 1. The third kappa shape index (κ3) is 5.28. The molecule has 4 heteroatoms. The van der Waals surface area contributed by atoms with Crippen LogP contribution in [0.2, 0.25) is 0 Å². The quantitative estimate of drug-likeness (QED) is 0.657. The molecule has 0 saturated heterocycles. The standard InChI is InChI=1S/C12H22N2O2/c1-3-5-7-15-10-12-8-11(14-16-12)9-13-6-4-2/h8,13H,3-7,9-10H2,1-2H3. The van der Waals surface area contributed by atoms with Crippen molar-refractivity contribution in [2.45, 2.75) is 46.3 Å². The van der Waals surface area contributed by atoms with Gasteiger partial charge in [0.25, 0.3) is 0 Å². The molecule has 0 unspecified atom stereocenters. The predicted molar refractivity (Wildman–Crippen MR) is 63.1 cm³/mol. The van der Waals surface area contributed by atoms with Crippen LogP contribution in [0.1, 0.15) is 44.6 Å². The summed E-state index contributed by atoms with van der Waals surface area (Å²) in [6, 6.07) is 1.95. The Bertz CT molecular complexity index is 274. The van der Waals surface area contributed by atoms with Gasteiger partial charge in [-0.3, -0.25) is 0 Å². The van der Waals surface area contributed by atoms with Gasteiger partial charge in [-0.15, -0.1) is 0 Å². The minimum absolute atomic E-state index is 0.529. The lowest BCUT2D eigenvalue weighted by atomic mass is 10.3. The van der Waals surface area contributed by atoms with E-state index >= 15 is 0 Å². The van der Waals surface area contributed by atoms with Gasteiger partial charge in [0.05, 0.1) is 5.69 Å². The molecule has 0 aliphatic carbocycles. The van der Waals surface area contributed by atoms with Crippen molar-refractivity contribution in [1.29, 1.82) is 0 Å². The molecule has 1 aromatic rings. The summed E-state index contributed by atoms with van der Waals surface area (Å²) >= 11 is 0. The van der Waals surface area contributed by atoms with Crippen molar-refractivity contribution in [2.75, 3.05) is 13.2 Å².